The largest absolute Gasteiger partial charge is 0.492 e. The van der Waals surface area contributed by atoms with E-state index in [0.29, 0.717) is 19.0 Å². The van der Waals surface area contributed by atoms with Crippen LogP contribution >= 0.6 is 11.3 Å². The summed E-state index contributed by atoms with van der Waals surface area (Å²) < 4.78 is 13.4. The zero-order valence-electron chi connectivity index (χ0n) is 16.1. The number of fused-ring (bicyclic) bond motifs is 1. The molecule has 0 bridgehead atoms. The van der Waals surface area contributed by atoms with E-state index < -0.39 is 5.79 Å². The van der Waals surface area contributed by atoms with E-state index in [1.54, 1.807) is 4.52 Å². The average molecular weight is 402 g/mol. The van der Waals surface area contributed by atoms with Gasteiger partial charge in [0, 0.05) is 5.56 Å². The van der Waals surface area contributed by atoms with E-state index >= 15 is 0 Å². The van der Waals surface area contributed by atoms with Crippen molar-refractivity contribution in [3.05, 3.63) is 46.1 Å². The van der Waals surface area contributed by atoms with Gasteiger partial charge in [-0.3, -0.25) is 0 Å². The standard InChI is InChI=1S/C20H24N4O3S/c1-13-5-3-4-6-15(13)16(17-18(25)24-19(28-17)21-14(2)22-24)23-9-7-20(8-10-23)26-11-12-27-20/h3-6,16,25H,7-12H2,1-2H3/p+1/t16-/m1/s1. The molecule has 8 heteroatoms. The maximum Gasteiger partial charge on any atom is 0.235 e. The first-order valence-corrected chi connectivity index (χ1v) is 10.6. The Balaban J connectivity index is 1.55. The van der Waals surface area contributed by atoms with Gasteiger partial charge in [-0.1, -0.05) is 35.6 Å². The van der Waals surface area contributed by atoms with Gasteiger partial charge in [-0.2, -0.15) is 4.52 Å². The fourth-order valence-electron chi connectivity index (χ4n) is 4.52. The van der Waals surface area contributed by atoms with Crippen molar-refractivity contribution in [2.24, 2.45) is 0 Å². The van der Waals surface area contributed by atoms with Gasteiger partial charge in [-0.05, 0) is 19.4 Å². The third kappa shape index (κ3) is 2.91. The molecule has 5 rings (SSSR count). The molecule has 0 unspecified atom stereocenters. The van der Waals surface area contributed by atoms with Gasteiger partial charge in [-0.25, -0.2) is 4.98 Å². The van der Waals surface area contributed by atoms with Crippen LogP contribution in [0.3, 0.4) is 0 Å². The first-order chi connectivity index (χ1) is 13.6. The van der Waals surface area contributed by atoms with Crippen molar-refractivity contribution < 1.29 is 19.5 Å². The number of rotatable bonds is 3. The maximum atomic E-state index is 11.0. The van der Waals surface area contributed by atoms with E-state index in [1.165, 1.54) is 27.4 Å². The lowest BCUT2D eigenvalue weighted by atomic mass is 9.95. The Morgan fingerprint density at radius 1 is 1.18 bits per heavy atom. The molecule has 7 nitrogen and oxygen atoms in total. The number of aromatic nitrogens is 3. The second-order valence-electron chi connectivity index (χ2n) is 7.70. The maximum absolute atomic E-state index is 11.0. The molecule has 2 N–H and O–H groups in total. The molecule has 3 aromatic rings. The summed E-state index contributed by atoms with van der Waals surface area (Å²) in [6.45, 7) is 7.19. The smallest absolute Gasteiger partial charge is 0.235 e. The van der Waals surface area contributed by atoms with Gasteiger partial charge >= 0.3 is 0 Å². The van der Waals surface area contributed by atoms with E-state index in [9.17, 15) is 5.11 Å². The van der Waals surface area contributed by atoms with Gasteiger partial charge < -0.3 is 19.5 Å². The van der Waals surface area contributed by atoms with Crippen LogP contribution in [-0.4, -0.2) is 51.8 Å². The topological polar surface area (TPSA) is 73.3 Å². The molecule has 0 radical (unpaired) electrons. The van der Waals surface area contributed by atoms with Crippen molar-refractivity contribution in [1.29, 1.82) is 0 Å². The molecule has 1 spiro atoms. The summed E-state index contributed by atoms with van der Waals surface area (Å²) in [7, 11) is 0. The number of thiazole rings is 1. The van der Waals surface area contributed by atoms with E-state index in [1.807, 2.05) is 6.92 Å². The van der Waals surface area contributed by atoms with E-state index in [2.05, 4.69) is 41.3 Å². The second kappa shape index (κ2) is 6.81. The first kappa shape index (κ1) is 18.1. The molecule has 0 aliphatic carbocycles. The zero-order chi connectivity index (χ0) is 19.3. The van der Waals surface area contributed by atoms with E-state index in [0.717, 1.165) is 35.8 Å². The number of hydrogen-bond donors (Lipinski definition) is 2. The summed E-state index contributed by atoms with van der Waals surface area (Å²) in [5.41, 5.74) is 2.46. The van der Waals surface area contributed by atoms with Crippen molar-refractivity contribution in [2.75, 3.05) is 26.3 Å². The summed E-state index contributed by atoms with van der Waals surface area (Å²) in [5, 5.41) is 15.3. The predicted octanol–water partition coefficient (Wildman–Crippen LogP) is 1.62. The van der Waals surface area contributed by atoms with Crippen LogP contribution in [0, 0.1) is 13.8 Å². The molecular formula is C20H25N4O3S+. The lowest BCUT2D eigenvalue weighted by molar-refractivity contribution is -0.933. The van der Waals surface area contributed by atoms with Gasteiger partial charge in [0.2, 0.25) is 10.8 Å². The molecule has 28 heavy (non-hydrogen) atoms. The fraction of sp³-hybridized carbons (Fsp3) is 0.500. The van der Waals surface area contributed by atoms with Gasteiger partial charge in [0.25, 0.3) is 0 Å². The van der Waals surface area contributed by atoms with Crippen LogP contribution in [0.2, 0.25) is 0 Å². The predicted molar refractivity (Wildman–Crippen MR) is 105 cm³/mol. The molecule has 2 saturated heterocycles. The average Bonchev–Trinajstić information content (AvgIpc) is 3.36. The minimum atomic E-state index is -0.398. The molecule has 2 aromatic heterocycles. The molecule has 1 aromatic carbocycles. The normalized spacial score (nSPS) is 20.9. The Kier molecular flexibility index (Phi) is 4.39. The van der Waals surface area contributed by atoms with Gasteiger partial charge in [0.1, 0.15) is 10.7 Å². The van der Waals surface area contributed by atoms with Crippen LogP contribution in [-0.2, 0) is 9.47 Å². The third-order valence-electron chi connectivity index (χ3n) is 5.94. The molecular weight excluding hydrogens is 376 g/mol. The fourth-order valence-corrected chi connectivity index (χ4v) is 5.70. The number of ether oxygens (including phenoxy) is 2. The highest BCUT2D eigenvalue weighted by Crippen LogP contribution is 2.37. The highest BCUT2D eigenvalue weighted by molar-refractivity contribution is 7.17. The highest BCUT2D eigenvalue weighted by Gasteiger charge is 2.45. The van der Waals surface area contributed by atoms with Crippen molar-refractivity contribution in [3.8, 4) is 5.88 Å². The monoisotopic (exact) mass is 401 g/mol. The van der Waals surface area contributed by atoms with Crippen molar-refractivity contribution in [1.82, 2.24) is 14.6 Å². The Labute approximate surface area is 167 Å². The molecule has 0 saturated carbocycles. The number of piperidine rings is 1. The lowest BCUT2D eigenvalue weighted by Crippen LogP contribution is -3.14. The zero-order valence-corrected chi connectivity index (χ0v) is 17.0. The number of likely N-dealkylation sites (tertiary alicyclic amines) is 1. The number of aryl methyl sites for hydroxylation is 2. The molecule has 4 heterocycles. The Bertz CT molecular complexity index is 998. The molecule has 0 amide bonds. The number of aromatic hydroxyl groups is 1. The van der Waals surface area contributed by atoms with Crippen LogP contribution in [0.1, 0.15) is 40.7 Å². The van der Waals surface area contributed by atoms with Crippen LogP contribution in [0.5, 0.6) is 5.88 Å². The van der Waals surface area contributed by atoms with Gasteiger partial charge in [-0.15, -0.1) is 5.10 Å². The number of nitrogens with one attached hydrogen (secondary N) is 1. The number of nitrogens with zero attached hydrogens (tertiary/aromatic N) is 3. The van der Waals surface area contributed by atoms with Crippen LogP contribution in [0.15, 0.2) is 24.3 Å². The first-order valence-electron chi connectivity index (χ1n) is 9.79. The lowest BCUT2D eigenvalue weighted by Gasteiger charge is -2.38. The summed E-state index contributed by atoms with van der Waals surface area (Å²) in [6.07, 6.45) is 1.73. The summed E-state index contributed by atoms with van der Waals surface area (Å²) in [4.78, 5) is 7.52. The minimum Gasteiger partial charge on any atom is -0.492 e. The number of benzene rings is 1. The summed E-state index contributed by atoms with van der Waals surface area (Å²) in [6, 6.07) is 8.47. The SMILES string of the molecule is Cc1nc2sc([C@@H](c3ccccc3C)[NH+]3CCC4(CC3)OCCO4)c(O)n2n1. The van der Waals surface area contributed by atoms with Gasteiger partial charge in [0.05, 0.1) is 39.1 Å². The summed E-state index contributed by atoms with van der Waals surface area (Å²) >= 11 is 1.53. The quantitative estimate of drug-likeness (QED) is 0.698. The molecule has 1 atom stereocenters. The Morgan fingerprint density at radius 3 is 2.57 bits per heavy atom. The van der Waals surface area contributed by atoms with Gasteiger partial charge in [0.15, 0.2) is 11.8 Å². The molecule has 2 aliphatic heterocycles. The molecule has 148 valence electrons. The second-order valence-corrected chi connectivity index (χ2v) is 8.71. The molecule has 2 fully saturated rings. The van der Waals surface area contributed by atoms with Crippen molar-refractivity contribution in [2.45, 2.75) is 38.5 Å². The van der Waals surface area contributed by atoms with Crippen molar-refractivity contribution in [3.63, 3.8) is 0 Å². The van der Waals surface area contributed by atoms with Crippen LogP contribution in [0.4, 0.5) is 0 Å². The van der Waals surface area contributed by atoms with Crippen LogP contribution in [0.25, 0.3) is 4.96 Å². The third-order valence-corrected chi connectivity index (χ3v) is 7.03. The Hall–Kier alpha value is -2.00. The van der Waals surface area contributed by atoms with Crippen LogP contribution < -0.4 is 4.90 Å². The molecule has 2 aliphatic rings. The van der Waals surface area contributed by atoms with E-state index in [-0.39, 0.29) is 11.9 Å². The highest BCUT2D eigenvalue weighted by atomic mass is 32.1. The minimum absolute atomic E-state index is 0.0359. The summed E-state index contributed by atoms with van der Waals surface area (Å²) in [5.74, 6) is 0.475. The van der Waals surface area contributed by atoms with E-state index in [4.69, 9.17) is 9.47 Å². The Morgan fingerprint density at radius 2 is 1.89 bits per heavy atom. The van der Waals surface area contributed by atoms with Crippen molar-refractivity contribution >= 4 is 16.3 Å². The number of hydrogen-bond acceptors (Lipinski definition) is 6. The number of quaternary nitrogens is 1.